The molecule has 0 aromatic heterocycles. The SMILES string of the molecule is CCNC(=NCCCN(C)c1cccc(F)c1)NCCNC(=O)C1CC1.I. The van der Waals surface area contributed by atoms with Crippen molar-refractivity contribution in [2.24, 2.45) is 10.9 Å². The Morgan fingerprint density at radius 1 is 1.26 bits per heavy atom. The van der Waals surface area contributed by atoms with E-state index < -0.39 is 0 Å². The van der Waals surface area contributed by atoms with Crippen LogP contribution in [0.25, 0.3) is 0 Å². The smallest absolute Gasteiger partial charge is 0.223 e. The van der Waals surface area contributed by atoms with Crippen LogP contribution < -0.4 is 20.9 Å². The molecule has 152 valence electrons. The van der Waals surface area contributed by atoms with Crippen molar-refractivity contribution >= 4 is 41.5 Å². The predicted molar refractivity (Wildman–Crippen MR) is 119 cm³/mol. The van der Waals surface area contributed by atoms with Crippen LogP contribution in [0.3, 0.4) is 0 Å². The summed E-state index contributed by atoms with van der Waals surface area (Å²) in [5.41, 5.74) is 0.866. The maximum absolute atomic E-state index is 13.3. The molecule has 1 amide bonds. The van der Waals surface area contributed by atoms with Gasteiger partial charge in [-0.3, -0.25) is 9.79 Å². The zero-order chi connectivity index (χ0) is 18.8. The number of halogens is 2. The van der Waals surface area contributed by atoms with Gasteiger partial charge in [0.1, 0.15) is 5.82 Å². The molecule has 1 aliphatic carbocycles. The summed E-state index contributed by atoms with van der Waals surface area (Å²) in [4.78, 5) is 18.1. The highest BCUT2D eigenvalue weighted by atomic mass is 127. The van der Waals surface area contributed by atoms with E-state index in [1.54, 1.807) is 6.07 Å². The minimum absolute atomic E-state index is 0. The number of carbonyl (C=O) groups excluding carboxylic acids is 1. The fourth-order valence-electron chi connectivity index (χ4n) is 2.54. The van der Waals surface area contributed by atoms with E-state index in [2.05, 4.69) is 20.9 Å². The van der Waals surface area contributed by atoms with E-state index in [0.717, 1.165) is 44.0 Å². The molecule has 1 aliphatic rings. The van der Waals surface area contributed by atoms with Crippen LogP contribution in [0.15, 0.2) is 29.3 Å². The molecule has 1 saturated carbocycles. The highest BCUT2D eigenvalue weighted by molar-refractivity contribution is 14.0. The van der Waals surface area contributed by atoms with Crippen molar-refractivity contribution in [3.63, 3.8) is 0 Å². The van der Waals surface area contributed by atoms with Gasteiger partial charge in [-0.2, -0.15) is 0 Å². The molecular formula is C19H31FIN5O. The molecule has 0 aliphatic heterocycles. The van der Waals surface area contributed by atoms with E-state index in [1.165, 1.54) is 12.1 Å². The molecule has 0 heterocycles. The van der Waals surface area contributed by atoms with Crippen molar-refractivity contribution in [1.82, 2.24) is 16.0 Å². The van der Waals surface area contributed by atoms with E-state index in [1.807, 2.05) is 24.9 Å². The lowest BCUT2D eigenvalue weighted by molar-refractivity contribution is -0.122. The lowest BCUT2D eigenvalue weighted by Crippen LogP contribution is -2.41. The van der Waals surface area contributed by atoms with Gasteiger partial charge >= 0.3 is 0 Å². The third-order valence-corrected chi connectivity index (χ3v) is 4.18. The number of hydrogen-bond donors (Lipinski definition) is 3. The Labute approximate surface area is 178 Å². The largest absolute Gasteiger partial charge is 0.374 e. The molecule has 0 saturated heterocycles. The molecular weight excluding hydrogens is 460 g/mol. The molecule has 1 aromatic carbocycles. The predicted octanol–water partition coefficient (Wildman–Crippen LogP) is 2.35. The van der Waals surface area contributed by atoms with Crippen LogP contribution in [0.5, 0.6) is 0 Å². The maximum atomic E-state index is 13.3. The summed E-state index contributed by atoms with van der Waals surface area (Å²) in [6, 6.07) is 6.59. The quantitative estimate of drug-likeness (QED) is 0.204. The first kappa shape index (κ1) is 23.5. The average Bonchev–Trinajstić information content (AvgIpc) is 3.47. The monoisotopic (exact) mass is 491 g/mol. The van der Waals surface area contributed by atoms with Gasteiger partial charge in [0.15, 0.2) is 5.96 Å². The van der Waals surface area contributed by atoms with Gasteiger partial charge in [-0.25, -0.2) is 4.39 Å². The van der Waals surface area contributed by atoms with Crippen molar-refractivity contribution < 1.29 is 9.18 Å². The zero-order valence-corrected chi connectivity index (χ0v) is 18.5. The van der Waals surface area contributed by atoms with Crippen LogP contribution in [0.1, 0.15) is 26.2 Å². The fraction of sp³-hybridized carbons (Fsp3) is 0.579. The topological polar surface area (TPSA) is 68.8 Å². The molecule has 0 unspecified atom stereocenters. The molecule has 1 aromatic rings. The molecule has 8 heteroatoms. The number of carbonyl (C=O) groups is 1. The first-order chi connectivity index (χ1) is 12.6. The summed E-state index contributed by atoms with van der Waals surface area (Å²) >= 11 is 0. The van der Waals surface area contributed by atoms with Gasteiger partial charge in [-0.05, 0) is 44.4 Å². The Morgan fingerprint density at radius 3 is 2.67 bits per heavy atom. The third kappa shape index (κ3) is 9.25. The molecule has 0 spiro atoms. The summed E-state index contributed by atoms with van der Waals surface area (Å²) in [6.07, 6.45) is 2.91. The lowest BCUT2D eigenvalue weighted by Gasteiger charge is -2.19. The number of rotatable bonds is 10. The van der Waals surface area contributed by atoms with Gasteiger partial charge in [0.2, 0.25) is 5.91 Å². The number of nitrogens with one attached hydrogen (secondary N) is 3. The van der Waals surface area contributed by atoms with E-state index >= 15 is 0 Å². The summed E-state index contributed by atoms with van der Waals surface area (Å²) in [6.45, 7) is 5.51. The zero-order valence-electron chi connectivity index (χ0n) is 16.1. The minimum atomic E-state index is -0.222. The molecule has 0 atom stereocenters. The van der Waals surface area contributed by atoms with Gasteiger partial charge < -0.3 is 20.9 Å². The van der Waals surface area contributed by atoms with Gasteiger partial charge in [0.05, 0.1) is 0 Å². The van der Waals surface area contributed by atoms with E-state index in [9.17, 15) is 9.18 Å². The summed E-state index contributed by atoms with van der Waals surface area (Å²) in [7, 11) is 1.95. The van der Waals surface area contributed by atoms with Crippen molar-refractivity contribution in [3.05, 3.63) is 30.1 Å². The van der Waals surface area contributed by atoms with Crippen molar-refractivity contribution in [1.29, 1.82) is 0 Å². The number of nitrogens with zero attached hydrogens (tertiary/aromatic N) is 2. The number of aliphatic imine (C=N–C) groups is 1. The Balaban J connectivity index is 0.00000364. The molecule has 0 radical (unpaired) electrons. The number of guanidine groups is 1. The second-order valence-corrected chi connectivity index (χ2v) is 6.51. The van der Waals surface area contributed by atoms with Gasteiger partial charge in [-0.1, -0.05) is 6.07 Å². The molecule has 2 rings (SSSR count). The molecule has 6 nitrogen and oxygen atoms in total. The molecule has 27 heavy (non-hydrogen) atoms. The minimum Gasteiger partial charge on any atom is -0.374 e. The fourth-order valence-corrected chi connectivity index (χ4v) is 2.54. The Bertz CT molecular complexity index is 610. The first-order valence-corrected chi connectivity index (χ1v) is 9.36. The number of hydrogen-bond acceptors (Lipinski definition) is 3. The number of amides is 1. The van der Waals surface area contributed by atoms with Crippen molar-refractivity contribution in [2.45, 2.75) is 26.2 Å². The lowest BCUT2D eigenvalue weighted by atomic mass is 10.2. The second-order valence-electron chi connectivity index (χ2n) is 6.51. The summed E-state index contributed by atoms with van der Waals surface area (Å²) < 4.78 is 13.3. The van der Waals surface area contributed by atoms with Gasteiger partial charge in [0, 0.05) is 51.4 Å². The van der Waals surface area contributed by atoms with Gasteiger partial charge in [-0.15, -0.1) is 24.0 Å². The third-order valence-electron chi connectivity index (χ3n) is 4.18. The van der Waals surface area contributed by atoms with Crippen LogP contribution in [-0.4, -0.2) is 51.6 Å². The highest BCUT2D eigenvalue weighted by Crippen LogP contribution is 2.28. The summed E-state index contributed by atoms with van der Waals surface area (Å²) in [5, 5.41) is 9.35. The molecule has 1 fully saturated rings. The van der Waals surface area contributed by atoms with E-state index in [4.69, 9.17) is 0 Å². The summed E-state index contributed by atoms with van der Waals surface area (Å²) in [5.74, 6) is 0.933. The van der Waals surface area contributed by atoms with Crippen LogP contribution >= 0.6 is 24.0 Å². The highest BCUT2D eigenvalue weighted by Gasteiger charge is 2.28. The number of anilines is 1. The Kier molecular flexibility index (Phi) is 11.1. The first-order valence-electron chi connectivity index (χ1n) is 9.36. The maximum Gasteiger partial charge on any atom is 0.223 e. The van der Waals surface area contributed by atoms with Crippen LogP contribution in [-0.2, 0) is 4.79 Å². The van der Waals surface area contributed by atoms with Gasteiger partial charge in [0.25, 0.3) is 0 Å². The average molecular weight is 491 g/mol. The van der Waals surface area contributed by atoms with Crippen LogP contribution in [0.4, 0.5) is 10.1 Å². The number of benzene rings is 1. The standard InChI is InChI=1S/C19H30FN5O.HI/c1-3-21-19(24-12-11-22-18(26)15-8-9-15)23-10-5-13-25(2)17-7-4-6-16(20)14-17;/h4,6-7,14-15H,3,5,8-13H2,1-2H3,(H,22,26)(H2,21,23,24);1H. The van der Waals surface area contributed by atoms with E-state index in [0.29, 0.717) is 19.6 Å². The normalized spacial score (nSPS) is 13.5. The Morgan fingerprint density at radius 2 is 2.00 bits per heavy atom. The molecule has 3 N–H and O–H groups in total. The second kappa shape index (κ2) is 12.7. The Hall–Kier alpha value is -1.58. The van der Waals surface area contributed by atoms with Crippen molar-refractivity contribution in [2.75, 3.05) is 44.7 Å². The van der Waals surface area contributed by atoms with Crippen LogP contribution in [0, 0.1) is 11.7 Å². The van der Waals surface area contributed by atoms with E-state index in [-0.39, 0.29) is 41.6 Å². The van der Waals surface area contributed by atoms with Crippen molar-refractivity contribution in [3.8, 4) is 0 Å². The molecule has 0 bridgehead atoms. The van der Waals surface area contributed by atoms with Crippen LogP contribution in [0.2, 0.25) is 0 Å².